The molecule has 1 rings (SSSR count). The topological polar surface area (TPSA) is 106 Å². The number of nitrogens with two attached hydrogens (primary N) is 1. The molecule has 3 N–H and O–H groups in total. The Balaban J connectivity index is 3.14. The van der Waals surface area contributed by atoms with Crippen molar-refractivity contribution in [1.29, 1.82) is 0 Å². The van der Waals surface area contributed by atoms with E-state index in [1.165, 1.54) is 12.1 Å². The van der Waals surface area contributed by atoms with Crippen LogP contribution in [-0.4, -0.2) is 34.2 Å². The smallest absolute Gasteiger partial charge is 0.276 e. The number of hydrogen-bond donors (Lipinski definition) is 2. The summed E-state index contributed by atoms with van der Waals surface area (Å²) < 4.78 is 0. The van der Waals surface area contributed by atoms with E-state index in [9.17, 15) is 10.1 Å². The lowest BCUT2D eigenvalue weighted by atomic mass is 10.3. The summed E-state index contributed by atoms with van der Waals surface area (Å²) in [5, 5.41) is 19.7. The van der Waals surface area contributed by atoms with Gasteiger partial charge in [-0.2, -0.15) is 0 Å². The first-order chi connectivity index (χ1) is 7.95. The van der Waals surface area contributed by atoms with E-state index in [2.05, 4.69) is 4.98 Å². The third-order valence-electron chi connectivity index (χ3n) is 2.29. The number of pyridine rings is 1. The molecule has 0 spiro atoms. The van der Waals surface area contributed by atoms with Crippen LogP contribution in [-0.2, 0) is 0 Å². The minimum atomic E-state index is -0.515. The van der Waals surface area contributed by atoms with Crippen LogP contribution in [0.15, 0.2) is 12.1 Å². The first kappa shape index (κ1) is 13.2. The number of aliphatic hydroxyl groups is 1. The lowest BCUT2D eigenvalue weighted by molar-refractivity contribution is -0.384. The molecule has 0 unspecified atom stereocenters. The van der Waals surface area contributed by atoms with Gasteiger partial charge in [-0.05, 0) is 13.8 Å². The Morgan fingerprint density at radius 3 is 2.71 bits per heavy atom. The number of nitrogens with zero attached hydrogens (tertiary/aromatic N) is 3. The van der Waals surface area contributed by atoms with Crippen molar-refractivity contribution < 1.29 is 10.0 Å². The van der Waals surface area contributed by atoms with Crippen LogP contribution < -0.4 is 10.6 Å². The van der Waals surface area contributed by atoms with E-state index >= 15 is 0 Å². The van der Waals surface area contributed by atoms with Gasteiger partial charge in [0.2, 0.25) is 0 Å². The number of nitro groups is 1. The van der Waals surface area contributed by atoms with Crippen LogP contribution >= 0.6 is 0 Å². The van der Waals surface area contributed by atoms with Gasteiger partial charge in [-0.3, -0.25) is 10.1 Å². The summed E-state index contributed by atoms with van der Waals surface area (Å²) in [6, 6.07) is 2.63. The molecule has 0 atom stereocenters. The summed E-state index contributed by atoms with van der Waals surface area (Å²) in [6.07, 6.45) is 0. The molecule has 0 saturated carbocycles. The van der Waals surface area contributed by atoms with Gasteiger partial charge in [0.25, 0.3) is 5.69 Å². The SMILES string of the molecule is CC(C)N(CCO)c1cc([N+](=O)[O-])cc(N)n1. The van der Waals surface area contributed by atoms with Gasteiger partial charge < -0.3 is 15.7 Å². The van der Waals surface area contributed by atoms with Crippen molar-refractivity contribution in [3.63, 3.8) is 0 Å². The summed E-state index contributed by atoms with van der Waals surface area (Å²) in [6.45, 7) is 4.12. The molecule has 17 heavy (non-hydrogen) atoms. The van der Waals surface area contributed by atoms with Gasteiger partial charge in [0.1, 0.15) is 11.6 Å². The highest BCUT2D eigenvalue weighted by Gasteiger charge is 2.16. The van der Waals surface area contributed by atoms with E-state index in [1.54, 1.807) is 4.90 Å². The average molecular weight is 240 g/mol. The van der Waals surface area contributed by atoms with E-state index in [4.69, 9.17) is 10.8 Å². The molecule has 0 amide bonds. The fourth-order valence-electron chi connectivity index (χ4n) is 1.52. The van der Waals surface area contributed by atoms with Crippen LogP contribution in [0.1, 0.15) is 13.8 Å². The zero-order chi connectivity index (χ0) is 13.0. The Bertz CT molecular complexity index is 409. The predicted octanol–water partition coefficient (Wildman–Crippen LogP) is 0.779. The second kappa shape index (κ2) is 5.44. The van der Waals surface area contributed by atoms with Crippen molar-refractivity contribution in [2.45, 2.75) is 19.9 Å². The van der Waals surface area contributed by atoms with Gasteiger partial charge in [0.15, 0.2) is 0 Å². The van der Waals surface area contributed by atoms with Crippen LogP contribution in [0.3, 0.4) is 0 Å². The normalized spacial score (nSPS) is 10.6. The maximum Gasteiger partial charge on any atom is 0.276 e. The Kier molecular flexibility index (Phi) is 4.22. The second-order valence-corrected chi connectivity index (χ2v) is 3.88. The van der Waals surface area contributed by atoms with Gasteiger partial charge in [-0.15, -0.1) is 0 Å². The van der Waals surface area contributed by atoms with Crippen LogP contribution in [0.2, 0.25) is 0 Å². The molecule has 1 heterocycles. The summed E-state index contributed by atoms with van der Waals surface area (Å²) in [4.78, 5) is 16.0. The summed E-state index contributed by atoms with van der Waals surface area (Å²) in [7, 11) is 0. The highest BCUT2D eigenvalue weighted by molar-refractivity contribution is 5.54. The number of aliphatic hydroxyl groups excluding tert-OH is 1. The van der Waals surface area contributed by atoms with Gasteiger partial charge in [-0.1, -0.05) is 0 Å². The van der Waals surface area contributed by atoms with Crippen LogP contribution in [0, 0.1) is 10.1 Å². The molecule has 0 aliphatic carbocycles. The van der Waals surface area contributed by atoms with Gasteiger partial charge >= 0.3 is 0 Å². The molecule has 0 bridgehead atoms. The van der Waals surface area contributed by atoms with E-state index < -0.39 is 4.92 Å². The summed E-state index contributed by atoms with van der Waals surface area (Å²) in [5.41, 5.74) is 5.43. The van der Waals surface area contributed by atoms with Crippen LogP contribution in [0.25, 0.3) is 0 Å². The van der Waals surface area contributed by atoms with E-state index in [0.29, 0.717) is 12.4 Å². The van der Waals surface area contributed by atoms with Crippen molar-refractivity contribution in [2.24, 2.45) is 0 Å². The molecule has 7 heteroatoms. The Morgan fingerprint density at radius 1 is 1.59 bits per heavy atom. The molecule has 0 radical (unpaired) electrons. The Hall–Kier alpha value is -1.89. The van der Waals surface area contributed by atoms with E-state index in [1.807, 2.05) is 13.8 Å². The minimum Gasteiger partial charge on any atom is -0.395 e. The standard InChI is InChI=1S/C10H16N4O3/c1-7(2)13(3-4-15)10-6-8(14(16)17)5-9(11)12-10/h5-7,15H,3-4H2,1-2H3,(H2,11,12). The van der Waals surface area contributed by atoms with Crippen molar-refractivity contribution in [3.8, 4) is 0 Å². The zero-order valence-electron chi connectivity index (χ0n) is 9.83. The number of anilines is 2. The molecule has 0 fully saturated rings. The fourth-order valence-corrected chi connectivity index (χ4v) is 1.52. The molecular weight excluding hydrogens is 224 g/mol. The van der Waals surface area contributed by atoms with Gasteiger partial charge in [0, 0.05) is 12.6 Å². The third kappa shape index (κ3) is 3.28. The first-order valence-corrected chi connectivity index (χ1v) is 5.25. The molecule has 0 aliphatic rings. The van der Waals surface area contributed by atoms with Crippen molar-refractivity contribution in [1.82, 2.24) is 4.98 Å². The lowest BCUT2D eigenvalue weighted by Crippen LogP contribution is -2.34. The summed E-state index contributed by atoms with van der Waals surface area (Å²) in [5.74, 6) is 0.499. The van der Waals surface area contributed by atoms with E-state index in [0.717, 1.165) is 0 Å². The molecule has 1 aromatic rings. The lowest BCUT2D eigenvalue weighted by Gasteiger charge is -2.26. The van der Waals surface area contributed by atoms with Crippen molar-refractivity contribution in [2.75, 3.05) is 23.8 Å². The quantitative estimate of drug-likeness (QED) is 0.582. The number of hydrogen-bond acceptors (Lipinski definition) is 6. The molecule has 94 valence electrons. The number of aromatic nitrogens is 1. The first-order valence-electron chi connectivity index (χ1n) is 5.25. The molecule has 0 aromatic carbocycles. The fraction of sp³-hybridized carbons (Fsp3) is 0.500. The van der Waals surface area contributed by atoms with Crippen LogP contribution in [0.4, 0.5) is 17.3 Å². The highest BCUT2D eigenvalue weighted by atomic mass is 16.6. The molecule has 7 nitrogen and oxygen atoms in total. The minimum absolute atomic E-state index is 0.0531. The van der Waals surface area contributed by atoms with Gasteiger partial charge in [-0.25, -0.2) is 4.98 Å². The molecule has 0 saturated heterocycles. The number of rotatable bonds is 5. The predicted molar refractivity (Wildman–Crippen MR) is 64.9 cm³/mol. The Morgan fingerprint density at radius 2 is 2.24 bits per heavy atom. The monoisotopic (exact) mass is 240 g/mol. The van der Waals surface area contributed by atoms with Crippen molar-refractivity contribution >= 4 is 17.3 Å². The average Bonchev–Trinajstić information content (AvgIpc) is 2.24. The number of nitrogen functional groups attached to an aromatic ring is 1. The van der Waals surface area contributed by atoms with Crippen molar-refractivity contribution in [3.05, 3.63) is 22.2 Å². The van der Waals surface area contributed by atoms with Gasteiger partial charge in [0.05, 0.1) is 23.7 Å². The third-order valence-corrected chi connectivity index (χ3v) is 2.29. The van der Waals surface area contributed by atoms with Crippen LogP contribution in [0.5, 0.6) is 0 Å². The summed E-state index contributed by atoms with van der Waals surface area (Å²) >= 11 is 0. The molecular formula is C10H16N4O3. The zero-order valence-corrected chi connectivity index (χ0v) is 9.83. The van der Waals surface area contributed by atoms with E-state index in [-0.39, 0.29) is 24.2 Å². The highest BCUT2D eigenvalue weighted by Crippen LogP contribution is 2.22. The molecule has 1 aromatic heterocycles. The second-order valence-electron chi connectivity index (χ2n) is 3.88. The molecule has 0 aliphatic heterocycles. The maximum atomic E-state index is 10.7. The Labute approximate surface area is 99.0 Å². The maximum absolute atomic E-state index is 10.7. The largest absolute Gasteiger partial charge is 0.395 e.